The molecule has 11 heavy (non-hydrogen) atoms. The smallest absolute Gasteiger partial charge is 0.393 e. The van der Waals surface area contributed by atoms with Crippen LogP contribution in [0.5, 0.6) is 6.08 Å². The van der Waals surface area contributed by atoms with Crippen LogP contribution in [0.2, 0.25) is 0 Å². The summed E-state index contributed by atoms with van der Waals surface area (Å²) >= 11 is 0. The molecule has 0 radical (unpaired) electrons. The molecule has 0 fully saturated rings. The third-order valence-electron chi connectivity index (χ3n) is 1.40. The average molecular weight is 155 g/mol. The fourth-order valence-electron chi connectivity index (χ4n) is 0.699. The summed E-state index contributed by atoms with van der Waals surface area (Å²) in [5, 5.41) is 0. The maximum atomic E-state index is 5.26. The number of aromatic nitrogens is 1. The zero-order valence-electron chi connectivity index (χ0n) is 7.34. The Balaban J connectivity index is 2.89. The van der Waals surface area contributed by atoms with E-state index in [0.29, 0.717) is 6.08 Å². The predicted octanol–water partition coefficient (Wildman–Crippen LogP) is 1.98. The Morgan fingerprint density at radius 1 is 1.45 bits per heavy atom. The number of rotatable bonds is 1. The van der Waals surface area contributed by atoms with Crippen LogP contribution in [0.25, 0.3) is 0 Å². The van der Waals surface area contributed by atoms with Crippen molar-refractivity contribution in [3.63, 3.8) is 0 Å². The highest BCUT2D eigenvalue weighted by Gasteiger charge is 2.19. The topological polar surface area (TPSA) is 35.3 Å². The molecule has 62 valence electrons. The molecule has 0 unspecified atom stereocenters. The number of oxazole rings is 1. The SMILES string of the molecule is COc1ncc(C(C)(C)C)o1. The van der Waals surface area contributed by atoms with Crippen molar-refractivity contribution < 1.29 is 9.15 Å². The summed E-state index contributed by atoms with van der Waals surface area (Å²) in [5.74, 6) is 0.842. The average Bonchev–Trinajstić information content (AvgIpc) is 2.32. The summed E-state index contributed by atoms with van der Waals surface area (Å²) in [6.07, 6.45) is 2.02. The van der Waals surface area contributed by atoms with Crippen molar-refractivity contribution in [1.82, 2.24) is 4.98 Å². The lowest BCUT2D eigenvalue weighted by Gasteiger charge is -2.12. The van der Waals surface area contributed by atoms with Crippen molar-refractivity contribution >= 4 is 0 Å². The van der Waals surface area contributed by atoms with Crippen LogP contribution in [0.3, 0.4) is 0 Å². The van der Waals surface area contributed by atoms with Gasteiger partial charge < -0.3 is 9.15 Å². The number of hydrogen-bond donors (Lipinski definition) is 0. The van der Waals surface area contributed by atoms with E-state index in [1.54, 1.807) is 6.20 Å². The molecule has 0 bridgehead atoms. The molecule has 0 saturated heterocycles. The van der Waals surface area contributed by atoms with Gasteiger partial charge in [0.2, 0.25) is 0 Å². The molecule has 1 rings (SSSR count). The Labute approximate surface area is 66.4 Å². The molecule has 1 aromatic heterocycles. The second-order valence-corrected chi connectivity index (χ2v) is 3.44. The van der Waals surface area contributed by atoms with E-state index in [2.05, 4.69) is 25.8 Å². The lowest BCUT2D eigenvalue weighted by molar-refractivity contribution is 0.265. The second-order valence-electron chi connectivity index (χ2n) is 3.44. The number of hydrogen-bond acceptors (Lipinski definition) is 3. The van der Waals surface area contributed by atoms with Gasteiger partial charge in [-0.1, -0.05) is 20.8 Å². The van der Waals surface area contributed by atoms with E-state index in [1.165, 1.54) is 7.11 Å². The number of methoxy groups -OCH3 is 1. The van der Waals surface area contributed by atoms with Crippen LogP contribution in [-0.2, 0) is 5.41 Å². The monoisotopic (exact) mass is 155 g/mol. The van der Waals surface area contributed by atoms with Crippen molar-refractivity contribution in [2.75, 3.05) is 7.11 Å². The van der Waals surface area contributed by atoms with Crippen LogP contribution >= 0.6 is 0 Å². The summed E-state index contributed by atoms with van der Waals surface area (Å²) in [6.45, 7) is 6.19. The molecule has 3 nitrogen and oxygen atoms in total. The molecule has 0 aromatic carbocycles. The van der Waals surface area contributed by atoms with Crippen LogP contribution in [0.4, 0.5) is 0 Å². The van der Waals surface area contributed by atoms with E-state index >= 15 is 0 Å². The first-order chi connectivity index (χ1) is 5.04. The quantitative estimate of drug-likeness (QED) is 0.622. The molecule has 0 spiro atoms. The van der Waals surface area contributed by atoms with Gasteiger partial charge >= 0.3 is 6.08 Å². The first-order valence-electron chi connectivity index (χ1n) is 3.54. The zero-order valence-corrected chi connectivity index (χ0v) is 7.34. The summed E-state index contributed by atoms with van der Waals surface area (Å²) in [4.78, 5) is 3.91. The predicted molar refractivity (Wildman–Crippen MR) is 41.8 cm³/mol. The molecule has 0 atom stereocenters. The zero-order chi connectivity index (χ0) is 8.48. The lowest BCUT2D eigenvalue weighted by atomic mass is 9.94. The van der Waals surface area contributed by atoms with E-state index in [9.17, 15) is 0 Å². The summed E-state index contributed by atoms with van der Waals surface area (Å²) in [5.41, 5.74) is 0.00375. The fourth-order valence-corrected chi connectivity index (χ4v) is 0.699. The molecule has 3 heteroatoms. The molecule has 0 amide bonds. The highest BCUT2D eigenvalue weighted by molar-refractivity contribution is 5.07. The minimum absolute atomic E-state index is 0.00375. The molecule has 0 aliphatic heterocycles. The van der Waals surface area contributed by atoms with E-state index in [-0.39, 0.29) is 5.41 Å². The van der Waals surface area contributed by atoms with Crippen LogP contribution in [0.1, 0.15) is 26.5 Å². The van der Waals surface area contributed by atoms with Gasteiger partial charge in [0.15, 0.2) is 0 Å². The first-order valence-corrected chi connectivity index (χ1v) is 3.54. The number of ether oxygens (including phenoxy) is 1. The lowest BCUT2D eigenvalue weighted by Crippen LogP contribution is -2.09. The maximum absolute atomic E-state index is 5.26. The van der Waals surface area contributed by atoms with Crippen LogP contribution in [0.15, 0.2) is 10.6 Å². The van der Waals surface area contributed by atoms with Crippen molar-refractivity contribution in [2.45, 2.75) is 26.2 Å². The molecule has 1 aromatic rings. The van der Waals surface area contributed by atoms with Gasteiger partial charge in [-0.15, -0.1) is 0 Å². The van der Waals surface area contributed by atoms with Crippen molar-refractivity contribution in [2.24, 2.45) is 0 Å². The van der Waals surface area contributed by atoms with Gasteiger partial charge in [0, 0.05) is 5.41 Å². The van der Waals surface area contributed by atoms with Gasteiger partial charge in [-0.25, -0.2) is 0 Å². The van der Waals surface area contributed by atoms with Gasteiger partial charge in [0.25, 0.3) is 0 Å². The van der Waals surface area contributed by atoms with Crippen molar-refractivity contribution in [3.05, 3.63) is 12.0 Å². The highest BCUT2D eigenvalue weighted by Crippen LogP contribution is 2.24. The van der Waals surface area contributed by atoms with E-state index in [1.807, 2.05) is 0 Å². The van der Waals surface area contributed by atoms with E-state index in [0.717, 1.165) is 5.76 Å². The minimum atomic E-state index is 0.00375. The fraction of sp³-hybridized carbons (Fsp3) is 0.625. The summed E-state index contributed by atoms with van der Waals surface area (Å²) in [6, 6.07) is 0. The standard InChI is InChI=1S/C8H13NO2/c1-8(2,3)6-5-9-7(10-4)11-6/h5H,1-4H3. The molecular formula is C8H13NO2. The van der Waals surface area contributed by atoms with Gasteiger partial charge in [-0.3, -0.25) is 0 Å². The van der Waals surface area contributed by atoms with Crippen molar-refractivity contribution in [1.29, 1.82) is 0 Å². The van der Waals surface area contributed by atoms with Gasteiger partial charge in [-0.05, 0) is 0 Å². The molecule has 0 N–H and O–H groups in total. The van der Waals surface area contributed by atoms with E-state index < -0.39 is 0 Å². The Morgan fingerprint density at radius 3 is 2.36 bits per heavy atom. The highest BCUT2D eigenvalue weighted by atomic mass is 16.6. The molecule has 0 aliphatic carbocycles. The van der Waals surface area contributed by atoms with Gasteiger partial charge in [0.1, 0.15) is 5.76 Å². The normalized spacial score (nSPS) is 11.6. The minimum Gasteiger partial charge on any atom is -0.454 e. The first kappa shape index (κ1) is 8.11. The van der Waals surface area contributed by atoms with Crippen molar-refractivity contribution in [3.8, 4) is 6.08 Å². The van der Waals surface area contributed by atoms with Gasteiger partial charge in [-0.2, -0.15) is 4.98 Å². The van der Waals surface area contributed by atoms with Crippen LogP contribution in [-0.4, -0.2) is 12.1 Å². The largest absolute Gasteiger partial charge is 0.454 e. The van der Waals surface area contributed by atoms with Gasteiger partial charge in [0.05, 0.1) is 13.3 Å². The van der Waals surface area contributed by atoms with Crippen LogP contribution in [0, 0.1) is 0 Å². The van der Waals surface area contributed by atoms with Crippen LogP contribution < -0.4 is 4.74 Å². The Hall–Kier alpha value is -0.990. The Bertz CT molecular complexity index is 234. The van der Waals surface area contributed by atoms with E-state index in [4.69, 9.17) is 9.15 Å². The Kier molecular flexibility index (Phi) is 1.89. The number of nitrogens with zero attached hydrogens (tertiary/aromatic N) is 1. The molecule has 1 heterocycles. The summed E-state index contributed by atoms with van der Waals surface area (Å²) in [7, 11) is 1.54. The third kappa shape index (κ3) is 1.73. The third-order valence-corrected chi connectivity index (χ3v) is 1.40. The molecule has 0 aliphatic rings. The Morgan fingerprint density at radius 2 is 2.09 bits per heavy atom. The maximum Gasteiger partial charge on any atom is 0.393 e. The molecule has 0 saturated carbocycles. The summed E-state index contributed by atoms with van der Waals surface area (Å²) < 4.78 is 10.1. The molecular weight excluding hydrogens is 142 g/mol. The second kappa shape index (κ2) is 2.57.